The number of rotatable bonds is 8. The number of hydrogen-bond acceptors (Lipinski definition) is 5. The first-order valence-electron chi connectivity index (χ1n) is 5.51. The molecule has 0 aliphatic carbocycles. The molecule has 100 valence electrons. The molecule has 5 nitrogen and oxygen atoms in total. The summed E-state index contributed by atoms with van der Waals surface area (Å²) < 4.78 is 14.9. The van der Waals surface area contributed by atoms with E-state index in [9.17, 15) is 9.59 Å². The van der Waals surface area contributed by atoms with Crippen molar-refractivity contribution in [3.8, 4) is 0 Å². The molecule has 0 aromatic rings. The van der Waals surface area contributed by atoms with Gasteiger partial charge in [-0.25, -0.2) is 0 Å². The fourth-order valence-electron chi connectivity index (χ4n) is 1.11. The van der Waals surface area contributed by atoms with Gasteiger partial charge < -0.3 is 14.2 Å². The molecule has 0 aromatic heterocycles. The molecule has 0 radical (unpaired) electrons. The van der Waals surface area contributed by atoms with Crippen LogP contribution in [0.4, 0.5) is 0 Å². The minimum atomic E-state index is -1.43. The maximum Gasteiger partial charge on any atom is 0.325 e. The number of halogens is 1. The molecule has 0 unspecified atom stereocenters. The monoisotopic (exact) mass is 266 g/mol. The molecule has 0 rings (SSSR count). The van der Waals surface area contributed by atoms with Crippen molar-refractivity contribution in [2.24, 2.45) is 5.41 Å². The maximum absolute atomic E-state index is 11.7. The quantitative estimate of drug-likeness (QED) is 0.287. The van der Waals surface area contributed by atoms with Crippen LogP contribution < -0.4 is 0 Å². The Morgan fingerprint density at radius 3 is 1.94 bits per heavy atom. The molecule has 0 saturated carbocycles. The summed E-state index contributed by atoms with van der Waals surface area (Å²) >= 11 is 5.45. The first-order valence-corrected chi connectivity index (χ1v) is 6.04. The van der Waals surface area contributed by atoms with Crippen LogP contribution in [-0.2, 0) is 23.8 Å². The van der Waals surface area contributed by atoms with E-state index in [1.54, 1.807) is 13.8 Å². The Hall–Kier alpha value is -0.810. The summed E-state index contributed by atoms with van der Waals surface area (Å²) in [6.07, 6.45) is 0. The summed E-state index contributed by atoms with van der Waals surface area (Å²) in [4.78, 5) is 23.5. The summed E-state index contributed by atoms with van der Waals surface area (Å²) in [6, 6.07) is 0. The van der Waals surface area contributed by atoms with Crippen LogP contribution in [-0.4, -0.2) is 44.2 Å². The first-order chi connectivity index (χ1) is 8.02. The second kappa shape index (κ2) is 8.31. The van der Waals surface area contributed by atoms with E-state index in [1.165, 1.54) is 6.92 Å². The van der Waals surface area contributed by atoms with Crippen molar-refractivity contribution in [3.05, 3.63) is 0 Å². The van der Waals surface area contributed by atoms with E-state index in [1.807, 2.05) is 0 Å². The SMILES string of the molecule is CCOC(=O)C(C)(COCCCl)C(=O)OCC. The Kier molecular flexibility index (Phi) is 7.91. The van der Waals surface area contributed by atoms with Crippen LogP contribution >= 0.6 is 11.6 Å². The Balaban J connectivity index is 4.66. The zero-order valence-corrected chi connectivity index (χ0v) is 11.2. The second-order valence-corrected chi connectivity index (χ2v) is 3.89. The minimum absolute atomic E-state index is 0.0998. The standard InChI is InChI=1S/C11H19ClO5/c1-4-16-9(13)11(3,8-15-7-6-12)10(14)17-5-2/h4-8H2,1-3H3. The molecule has 0 bridgehead atoms. The van der Waals surface area contributed by atoms with Crippen LogP contribution in [0.2, 0.25) is 0 Å². The van der Waals surface area contributed by atoms with Crippen molar-refractivity contribution in [1.29, 1.82) is 0 Å². The highest BCUT2D eigenvalue weighted by atomic mass is 35.5. The molecule has 0 amide bonds. The number of esters is 2. The van der Waals surface area contributed by atoms with Crippen molar-refractivity contribution >= 4 is 23.5 Å². The van der Waals surface area contributed by atoms with Gasteiger partial charge in [-0.15, -0.1) is 11.6 Å². The van der Waals surface area contributed by atoms with E-state index < -0.39 is 17.4 Å². The highest BCUT2D eigenvalue weighted by molar-refractivity contribution is 6.17. The van der Waals surface area contributed by atoms with E-state index in [0.29, 0.717) is 5.88 Å². The van der Waals surface area contributed by atoms with Gasteiger partial charge in [0.25, 0.3) is 0 Å². The molecule has 0 atom stereocenters. The number of hydrogen-bond donors (Lipinski definition) is 0. The van der Waals surface area contributed by atoms with Gasteiger partial charge in [0, 0.05) is 5.88 Å². The lowest BCUT2D eigenvalue weighted by Gasteiger charge is -2.24. The zero-order valence-electron chi connectivity index (χ0n) is 10.5. The highest BCUT2D eigenvalue weighted by Crippen LogP contribution is 2.21. The molecule has 0 aromatic carbocycles. The van der Waals surface area contributed by atoms with Gasteiger partial charge in [0.1, 0.15) is 0 Å². The lowest BCUT2D eigenvalue weighted by Crippen LogP contribution is -2.43. The predicted molar refractivity (Wildman–Crippen MR) is 62.9 cm³/mol. The topological polar surface area (TPSA) is 61.8 Å². The predicted octanol–water partition coefficient (Wildman–Crippen LogP) is 1.37. The van der Waals surface area contributed by atoms with Crippen molar-refractivity contribution in [2.45, 2.75) is 20.8 Å². The summed E-state index contributed by atoms with van der Waals surface area (Å²) in [6.45, 7) is 5.34. The fraction of sp³-hybridized carbons (Fsp3) is 0.818. The Morgan fingerprint density at radius 1 is 1.12 bits per heavy atom. The molecule has 0 aliphatic rings. The third kappa shape index (κ3) is 4.91. The van der Waals surface area contributed by atoms with Gasteiger partial charge in [0.15, 0.2) is 5.41 Å². The van der Waals surface area contributed by atoms with Gasteiger partial charge in [0.05, 0.1) is 26.4 Å². The van der Waals surface area contributed by atoms with Crippen LogP contribution in [0.1, 0.15) is 20.8 Å². The van der Waals surface area contributed by atoms with Crippen LogP contribution in [0.15, 0.2) is 0 Å². The smallest absolute Gasteiger partial charge is 0.325 e. The van der Waals surface area contributed by atoms with Gasteiger partial charge in [-0.1, -0.05) is 0 Å². The van der Waals surface area contributed by atoms with Crippen LogP contribution in [0, 0.1) is 5.41 Å². The number of carbonyl (C=O) groups excluding carboxylic acids is 2. The summed E-state index contributed by atoms with van der Waals surface area (Å²) in [5, 5.41) is 0. The van der Waals surface area contributed by atoms with Crippen molar-refractivity contribution in [2.75, 3.05) is 32.3 Å². The Morgan fingerprint density at radius 2 is 1.59 bits per heavy atom. The molecule has 0 aliphatic heterocycles. The van der Waals surface area contributed by atoms with E-state index in [4.69, 9.17) is 25.8 Å². The van der Waals surface area contributed by atoms with Crippen molar-refractivity contribution < 1.29 is 23.8 Å². The van der Waals surface area contributed by atoms with Gasteiger partial charge in [-0.3, -0.25) is 9.59 Å². The van der Waals surface area contributed by atoms with Crippen LogP contribution in [0.25, 0.3) is 0 Å². The molecule has 0 N–H and O–H groups in total. The lowest BCUT2D eigenvalue weighted by atomic mass is 9.92. The van der Waals surface area contributed by atoms with E-state index in [2.05, 4.69) is 0 Å². The summed E-state index contributed by atoms with van der Waals surface area (Å²) in [7, 11) is 0. The van der Waals surface area contributed by atoms with E-state index >= 15 is 0 Å². The fourth-order valence-corrected chi connectivity index (χ4v) is 1.22. The Labute approximate surface area is 106 Å². The third-order valence-electron chi connectivity index (χ3n) is 2.06. The van der Waals surface area contributed by atoms with Gasteiger partial charge in [0.2, 0.25) is 0 Å². The average molecular weight is 267 g/mol. The normalized spacial score (nSPS) is 11.1. The second-order valence-electron chi connectivity index (χ2n) is 3.51. The Bertz CT molecular complexity index is 236. The molecule has 0 heterocycles. The van der Waals surface area contributed by atoms with Crippen LogP contribution in [0.3, 0.4) is 0 Å². The van der Waals surface area contributed by atoms with E-state index in [-0.39, 0.29) is 26.4 Å². The molecular weight excluding hydrogens is 248 g/mol. The molecule has 6 heteroatoms. The van der Waals surface area contributed by atoms with Gasteiger partial charge >= 0.3 is 11.9 Å². The molecule has 0 saturated heterocycles. The lowest BCUT2D eigenvalue weighted by molar-refractivity contribution is -0.175. The summed E-state index contributed by atoms with van der Waals surface area (Å²) in [5.74, 6) is -0.997. The van der Waals surface area contributed by atoms with Crippen molar-refractivity contribution in [3.63, 3.8) is 0 Å². The molecular formula is C11H19ClO5. The number of carbonyl (C=O) groups is 2. The van der Waals surface area contributed by atoms with E-state index in [0.717, 1.165) is 0 Å². The number of ether oxygens (including phenoxy) is 3. The average Bonchev–Trinajstić information content (AvgIpc) is 2.29. The molecule has 0 fully saturated rings. The van der Waals surface area contributed by atoms with Gasteiger partial charge in [-0.05, 0) is 20.8 Å². The zero-order chi connectivity index (χ0) is 13.3. The van der Waals surface area contributed by atoms with Crippen molar-refractivity contribution in [1.82, 2.24) is 0 Å². The third-order valence-corrected chi connectivity index (χ3v) is 2.22. The summed E-state index contributed by atoms with van der Waals surface area (Å²) in [5.41, 5.74) is -1.43. The molecule has 17 heavy (non-hydrogen) atoms. The maximum atomic E-state index is 11.7. The molecule has 0 spiro atoms. The number of alkyl halides is 1. The van der Waals surface area contributed by atoms with Crippen LogP contribution in [0.5, 0.6) is 0 Å². The largest absolute Gasteiger partial charge is 0.465 e. The van der Waals surface area contributed by atoms with Gasteiger partial charge in [-0.2, -0.15) is 0 Å². The minimum Gasteiger partial charge on any atom is -0.465 e. The highest BCUT2D eigenvalue weighted by Gasteiger charge is 2.44. The first kappa shape index (κ1) is 16.2.